The summed E-state index contributed by atoms with van der Waals surface area (Å²) in [7, 11) is -2.15. The summed E-state index contributed by atoms with van der Waals surface area (Å²) in [4.78, 5) is 12.0. The van der Waals surface area contributed by atoms with Crippen LogP contribution in [-0.2, 0) is 21.2 Å². The van der Waals surface area contributed by atoms with Crippen LogP contribution in [0.1, 0.15) is 61.0 Å². The van der Waals surface area contributed by atoms with Crippen molar-refractivity contribution in [3.8, 4) is 0 Å². The van der Waals surface area contributed by atoms with Gasteiger partial charge in [0.25, 0.3) is 0 Å². The minimum atomic E-state index is -3.47. The first-order valence-corrected chi connectivity index (χ1v) is 9.82. The second kappa shape index (κ2) is 5.92. The Morgan fingerprint density at radius 1 is 1.29 bits per heavy atom. The molecule has 1 aromatic carbocycles. The molecule has 0 radical (unpaired) electrons. The van der Waals surface area contributed by atoms with E-state index in [-0.39, 0.29) is 0 Å². The molecule has 0 atom stereocenters. The van der Waals surface area contributed by atoms with Crippen molar-refractivity contribution in [1.82, 2.24) is 0 Å². The number of fused-ring (bicyclic) bond motifs is 1. The average molecular weight is 349 g/mol. The smallest absolute Gasteiger partial charge is 0.337 e. The van der Waals surface area contributed by atoms with Crippen LogP contribution in [0.25, 0.3) is 5.57 Å². The summed E-state index contributed by atoms with van der Waals surface area (Å²) in [6.07, 6.45) is 5.59. The van der Waals surface area contributed by atoms with Crippen molar-refractivity contribution in [2.75, 3.05) is 11.8 Å². The summed E-state index contributed by atoms with van der Waals surface area (Å²) in [5, 5.41) is 0. The van der Waals surface area contributed by atoms with Crippen molar-refractivity contribution in [2.24, 2.45) is 0 Å². The number of sulfonamides is 1. The van der Waals surface area contributed by atoms with E-state index in [9.17, 15) is 13.2 Å². The Labute approximate surface area is 143 Å². The van der Waals surface area contributed by atoms with Crippen molar-refractivity contribution >= 4 is 27.3 Å². The molecule has 0 unspecified atom stereocenters. The van der Waals surface area contributed by atoms with Crippen molar-refractivity contribution in [1.29, 1.82) is 0 Å². The molecule has 0 bridgehead atoms. The molecule has 130 valence electrons. The molecular formula is C18H23NO4S. The lowest BCUT2D eigenvalue weighted by Gasteiger charge is -2.19. The Morgan fingerprint density at radius 2 is 2.00 bits per heavy atom. The zero-order valence-electron chi connectivity index (χ0n) is 14.3. The number of nitrogens with one attached hydrogen (secondary N) is 1. The standard InChI is InChI=1S/C18H23NO4S/c1-4-12-6-7-14-15(12)10-13(17(20)23-3)11-16(14)19-24(21,22)18(5-2)8-9-18/h6,10-11,19H,4-5,7-9H2,1-3H3. The summed E-state index contributed by atoms with van der Waals surface area (Å²) in [5.74, 6) is -0.461. The molecule has 1 saturated carbocycles. The molecule has 1 fully saturated rings. The van der Waals surface area contributed by atoms with Gasteiger partial charge in [0.15, 0.2) is 0 Å². The molecule has 0 aliphatic heterocycles. The van der Waals surface area contributed by atoms with Gasteiger partial charge in [-0.2, -0.15) is 0 Å². The van der Waals surface area contributed by atoms with E-state index >= 15 is 0 Å². The van der Waals surface area contributed by atoms with E-state index in [4.69, 9.17) is 4.74 Å². The summed E-state index contributed by atoms with van der Waals surface area (Å²) in [5.41, 5.74) is 3.89. The number of esters is 1. The van der Waals surface area contributed by atoms with Gasteiger partial charge < -0.3 is 4.74 Å². The Morgan fingerprint density at radius 3 is 2.54 bits per heavy atom. The number of rotatable bonds is 6. The monoisotopic (exact) mass is 349 g/mol. The van der Waals surface area contributed by atoms with Gasteiger partial charge >= 0.3 is 5.97 Å². The molecule has 0 aromatic heterocycles. The van der Waals surface area contributed by atoms with Gasteiger partial charge in [0.1, 0.15) is 0 Å². The molecule has 2 aliphatic carbocycles. The minimum absolute atomic E-state index is 0.372. The van der Waals surface area contributed by atoms with Crippen LogP contribution in [0.15, 0.2) is 18.2 Å². The van der Waals surface area contributed by atoms with Crippen molar-refractivity contribution in [3.05, 3.63) is 34.9 Å². The third-order valence-electron chi connectivity index (χ3n) is 5.22. The quantitative estimate of drug-likeness (QED) is 0.798. The Bertz CT molecular complexity index is 820. The summed E-state index contributed by atoms with van der Waals surface area (Å²) in [6, 6.07) is 3.40. The molecule has 24 heavy (non-hydrogen) atoms. The average Bonchev–Trinajstić information content (AvgIpc) is 3.28. The summed E-state index contributed by atoms with van der Waals surface area (Å²) >= 11 is 0. The third-order valence-corrected chi connectivity index (χ3v) is 7.54. The topological polar surface area (TPSA) is 72.5 Å². The van der Waals surface area contributed by atoms with E-state index in [2.05, 4.69) is 10.8 Å². The van der Waals surface area contributed by atoms with Crippen LogP contribution >= 0.6 is 0 Å². The van der Waals surface area contributed by atoms with Crippen LogP contribution in [0, 0.1) is 0 Å². The molecule has 1 N–H and O–H groups in total. The van der Waals surface area contributed by atoms with Gasteiger partial charge in [0.05, 0.1) is 23.1 Å². The van der Waals surface area contributed by atoms with Crippen molar-refractivity contribution < 1.29 is 17.9 Å². The number of methoxy groups -OCH3 is 1. The first-order valence-electron chi connectivity index (χ1n) is 8.34. The lowest BCUT2D eigenvalue weighted by molar-refractivity contribution is 0.0600. The lowest BCUT2D eigenvalue weighted by atomic mass is 9.99. The van der Waals surface area contributed by atoms with Crippen LogP contribution in [0.3, 0.4) is 0 Å². The van der Waals surface area contributed by atoms with E-state index in [1.165, 1.54) is 7.11 Å². The number of ether oxygens (including phenoxy) is 1. The Balaban J connectivity index is 2.05. The maximum atomic E-state index is 12.8. The van der Waals surface area contributed by atoms with Gasteiger partial charge in [-0.15, -0.1) is 0 Å². The zero-order valence-corrected chi connectivity index (χ0v) is 15.1. The normalized spacial score (nSPS) is 17.9. The number of carbonyl (C=O) groups excluding carboxylic acids is 1. The number of carbonyl (C=O) groups is 1. The predicted molar refractivity (Wildman–Crippen MR) is 94.6 cm³/mol. The second-order valence-corrected chi connectivity index (χ2v) is 8.55. The van der Waals surface area contributed by atoms with E-state index in [1.54, 1.807) is 12.1 Å². The molecule has 0 amide bonds. The van der Waals surface area contributed by atoms with Gasteiger partial charge in [0.2, 0.25) is 10.0 Å². The second-order valence-electron chi connectivity index (χ2n) is 6.47. The SMILES string of the molecule is CCC1=CCc2c(NS(=O)(=O)C3(CC)CC3)cc(C(=O)OC)cc21. The molecule has 5 nitrogen and oxygen atoms in total. The largest absolute Gasteiger partial charge is 0.465 e. The lowest BCUT2D eigenvalue weighted by Crippen LogP contribution is -2.29. The first-order chi connectivity index (χ1) is 11.4. The molecule has 6 heteroatoms. The molecule has 0 heterocycles. The molecule has 0 saturated heterocycles. The Kier molecular flexibility index (Phi) is 4.20. The predicted octanol–water partition coefficient (Wildman–Crippen LogP) is 3.51. The van der Waals surface area contributed by atoms with Gasteiger partial charge in [-0.05, 0) is 60.9 Å². The van der Waals surface area contributed by atoms with E-state index in [0.29, 0.717) is 36.9 Å². The molecule has 3 rings (SSSR count). The number of hydrogen-bond donors (Lipinski definition) is 1. The fraction of sp³-hybridized carbons (Fsp3) is 0.500. The molecule has 0 spiro atoms. The zero-order chi connectivity index (χ0) is 17.5. The van der Waals surface area contributed by atoms with Crippen LogP contribution < -0.4 is 4.72 Å². The van der Waals surface area contributed by atoms with Crippen LogP contribution in [0.5, 0.6) is 0 Å². The number of anilines is 1. The highest BCUT2D eigenvalue weighted by molar-refractivity contribution is 7.94. The van der Waals surface area contributed by atoms with Gasteiger partial charge in [0, 0.05) is 0 Å². The third kappa shape index (κ3) is 2.62. The van der Waals surface area contributed by atoms with Gasteiger partial charge in [-0.25, -0.2) is 13.2 Å². The first kappa shape index (κ1) is 17.0. The Hall–Kier alpha value is -1.82. The van der Waals surface area contributed by atoms with Crippen LogP contribution in [-0.4, -0.2) is 26.2 Å². The summed E-state index contributed by atoms with van der Waals surface area (Å²) in [6.45, 7) is 3.95. The number of hydrogen-bond acceptors (Lipinski definition) is 4. The van der Waals surface area contributed by atoms with Crippen molar-refractivity contribution in [2.45, 2.75) is 50.7 Å². The van der Waals surface area contributed by atoms with Crippen molar-refractivity contribution in [3.63, 3.8) is 0 Å². The molecular weight excluding hydrogens is 326 g/mol. The van der Waals surface area contributed by atoms with E-state index < -0.39 is 20.7 Å². The van der Waals surface area contributed by atoms with Crippen LogP contribution in [0.4, 0.5) is 5.69 Å². The maximum Gasteiger partial charge on any atom is 0.337 e. The highest BCUT2D eigenvalue weighted by Gasteiger charge is 2.53. The highest BCUT2D eigenvalue weighted by atomic mass is 32.2. The number of allylic oxidation sites excluding steroid dienone is 2. The fourth-order valence-electron chi connectivity index (χ4n) is 3.38. The minimum Gasteiger partial charge on any atom is -0.465 e. The van der Waals surface area contributed by atoms with Crippen LogP contribution in [0.2, 0.25) is 0 Å². The highest BCUT2D eigenvalue weighted by Crippen LogP contribution is 2.47. The van der Waals surface area contributed by atoms with E-state index in [1.807, 2.05) is 13.8 Å². The summed E-state index contributed by atoms with van der Waals surface area (Å²) < 4.78 is 32.5. The van der Waals surface area contributed by atoms with E-state index in [0.717, 1.165) is 23.1 Å². The molecule has 1 aromatic rings. The molecule has 2 aliphatic rings. The maximum absolute atomic E-state index is 12.8. The van der Waals surface area contributed by atoms with Gasteiger partial charge in [-0.3, -0.25) is 4.72 Å². The van der Waals surface area contributed by atoms with Gasteiger partial charge in [-0.1, -0.05) is 19.9 Å². The number of benzene rings is 1. The fourth-order valence-corrected chi connectivity index (χ4v) is 5.09.